The van der Waals surface area contributed by atoms with Crippen molar-refractivity contribution in [3.8, 4) is 12.1 Å². The zero-order valence-electron chi connectivity index (χ0n) is 10.5. The Kier molecular flexibility index (Phi) is 3.82. The second-order valence-electron chi connectivity index (χ2n) is 4.62. The third-order valence-electron chi connectivity index (χ3n) is 3.45. The minimum Gasteiger partial charge on any atom is -0.370 e. The van der Waals surface area contributed by atoms with E-state index in [2.05, 4.69) is 21.9 Å². The predicted octanol–water partition coefficient (Wildman–Crippen LogP) is 1.59. The zero-order valence-corrected chi connectivity index (χ0v) is 10.5. The molecular formula is C14H16N4. The lowest BCUT2D eigenvalue weighted by Crippen LogP contribution is -2.34. The lowest BCUT2D eigenvalue weighted by Gasteiger charge is -2.23. The van der Waals surface area contributed by atoms with Crippen molar-refractivity contribution in [2.24, 2.45) is 0 Å². The van der Waals surface area contributed by atoms with Crippen molar-refractivity contribution in [1.29, 1.82) is 10.5 Å². The third-order valence-corrected chi connectivity index (χ3v) is 3.45. The Balaban J connectivity index is 2.04. The average Bonchev–Trinajstić information content (AvgIpc) is 2.89. The van der Waals surface area contributed by atoms with Crippen LogP contribution in [0.5, 0.6) is 0 Å². The Hall–Kier alpha value is -2.04. The summed E-state index contributed by atoms with van der Waals surface area (Å²) in [5.74, 6) is 0. The molecule has 0 spiro atoms. The third kappa shape index (κ3) is 2.61. The van der Waals surface area contributed by atoms with E-state index in [1.165, 1.54) is 0 Å². The van der Waals surface area contributed by atoms with Gasteiger partial charge in [0.1, 0.15) is 0 Å². The summed E-state index contributed by atoms with van der Waals surface area (Å²) in [6.45, 7) is 2.37. The first-order valence-electron chi connectivity index (χ1n) is 6.07. The lowest BCUT2D eigenvalue weighted by molar-refractivity contribution is 0.289. The highest BCUT2D eigenvalue weighted by atomic mass is 15.2. The summed E-state index contributed by atoms with van der Waals surface area (Å²) >= 11 is 0. The van der Waals surface area contributed by atoms with Gasteiger partial charge >= 0.3 is 0 Å². The van der Waals surface area contributed by atoms with Crippen LogP contribution in [0.1, 0.15) is 12.0 Å². The molecule has 1 aliphatic rings. The van der Waals surface area contributed by atoms with Crippen molar-refractivity contribution < 1.29 is 0 Å². The van der Waals surface area contributed by atoms with Gasteiger partial charge in [0, 0.05) is 24.8 Å². The highest BCUT2D eigenvalue weighted by molar-refractivity contribution is 5.52. The van der Waals surface area contributed by atoms with E-state index in [9.17, 15) is 0 Å². The van der Waals surface area contributed by atoms with E-state index in [0.29, 0.717) is 18.2 Å². The van der Waals surface area contributed by atoms with Crippen LogP contribution in [-0.4, -0.2) is 37.6 Å². The standard InChI is InChI=1S/C14H16N4/c1-17(8-6-15)14-5-7-18(11-14)13-4-2-3-12(9-13)10-16/h2-4,9,14H,5,7-8,11H2,1H3. The molecule has 0 bridgehead atoms. The SMILES string of the molecule is CN(CC#N)C1CCN(c2cccc(C#N)c2)C1. The van der Waals surface area contributed by atoms with Gasteiger partial charge < -0.3 is 4.90 Å². The van der Waals surface area contributed by atoms with Crippen molar-refractivity contribution in [2.75, 3.05) is 31.6 Å². The first-order valence-corrected chi connectivity index (χ1v) is 6.07. The summed E-state index contributed by atoms with van der Waals surface area (Å²) in [5.41, 5.74) is 1.79. The van der Waals surface area contributed by atoms with Crippen LogP contribution < -0.4 is 4.90 Å². The van der Waals surface area contributed by atoms with Crippen LogP contribution in [0.3, 0.4) is 0 Å². The van der Waals surface area contributed by atoms with E-state index in [0.717, 1.165) is 25.2 Å². The van der Waals surface area contributed by atoms with Gasteiger partial charge in [0.15, 0.2) is 0 Å². The highest BCUT2D eigenvalue weighted by Gasteiger charge is 2.25. The molecule has 0 aliphatic carbocycles. The van der Waals surface area contributed by atoms with Gasteiger partial charge in [-0.15, -0.1) is 0 Å². The van der Waals surface area contributed by atoms with Crippen molar-refractivity contribution in [2.45, 2.75) is 12.5 Å². The first-order chi connectivity index (χ1) is 8.74. The van der Waals surface area contributed by atoms with Gasteiger partial charge in [-0.05, 0) is 31.7 Å². The van der Waals surface area contributed by atoms with E-state index >= 15 is 0 Å². The summed E-state index contributed by atoms with van der Waals surface area (Å²) in [4.78, 5) is 4.37. The van der Waals surface area contributed by atoms with Gasteiger partial charge in [0.05, 0.1) is 24.2 Å². The summed E-state index contributed by atoms with van der Waals surface area (Å²) in [6.07, 6.45) is 1.06. The van der Waals surface area contributed by atoms with E-state index < -0.39 is 0 Å². The monoisotopic (exact) mass is 240 g/mol. The van der Waals surface area contributed by atoms with E-state index in [4.69, 9.17) is 10.5 Å². The van der Waals surface area contributed by atoms with E-state index in [-0.39, 0.29) is 0 Å². The quantitative estimate of drug-likeness (QED) is 0.753. The molecule has 1 aliphatic heterocycles. The number of hydrogen-bond donors (Lipinski definition) is 0. The van der Waals surface area contributed by atoms with Crippen LogP contribution in [0.4, 0.5) is 5.69 Å². The summed E-state index contributed by atoms with van der Waals surface area (Å²) in [5, 5.41) is 17.6. The molecule has 1 saturated heterocycles. The number of anilines is 1. The fourth-order valence-corrected chi connectivity index (χ4v) is 2.35. The first kappa shape index (κ1) is 12.4. The normalized spacial score (nSPS) is 18.7. The van der Waals surface area contributed by atoms with Crippen LogP contribution in [0, 0.1) is 22.7 Å². The minimum absolute atomic E-state index is 0.426. The van der Waals surface area contributed by atoms with Gasteiger partial charge in [-0.1, -0.05) is 6.07 Å². The van der Waals surface area contributed by atoms with Crippen LogP contribution in [0.25, 0.3) is 0 Å². The number of benzene rings is 1. The fourth-order valence-electron chi connectivity index (χ4n) is 2.35. The minimum atomic E-state index is 0.426. The second kappa shape index (κ2) is 5.53. The summed E-state index contributed by atoms with van der Waals surface area (Å²) in [6, 6.07) is 12.5. The lowest BCUT2D eigenvalue weighted by atomic mass is 10.2. The second-order valence-corrected chi connectivity index (χ2v) is 4.62. The van der Waals surface area contributed by atoms with Crippen molar-refractivity contribution in [3.05, 3.63) is 29.8 Å². The molecule has 1 fully saturated rings. The van der Waals surface area contributed by atoms with Gasteiger partial charge in [-0.25, -0.2) is 0 Å². The number of nitriles is 2. The number of nitrogens with zero attached hydrogens (tertiary/aromatic N) is 4. The molecule has 18 heavy (non-hydrogen) atoms. The molecule has 0 amide bonds. The van der Waals surface area contributed by atoms with E-state index in [1.807, 2.05) is 31.3 Å². The Morgan fingerprint density at radius 3 is 3.00 bits per heavy atom. The number of rotatable bonds is 3. The maximum absolute atomic E-state index is 8.90. The topological polar surface area (TPSA) is 54.1 Å². The molecule has 0 N–H and O–H groups in total. The molecule has 92 valence electrons. The van der Waals surface area contributed by atoms with Crippen LogP contribution in [0.2, 0.25) is 0 Å². The predicted molar refractivity (Wildman–Crippen MR) is 70.0 cm³/mol. The van der Waals surface area contributed by atoms with Crippen LogP contribution in [-0.2, 0) is 0 Å². The van der Waals surface area contributed by atoms with Crippen molar-refractivity contribution in [3.63, 3.8) is 0 Å². The number of hydrogen-bond acceptors (Lipinski definition) is 4. The largest absolute Gasteiger partial charge is 0.370 e. The molecule has 1 unspecified atom stereocenters. The molecule has 1 aromatic rings. The Morgan fingerprint density at radius 2 is 2.28 bits per heavy atom. The molecule has 0 radical (unpaired) electrons. The Labute approximate surface area is 108 Å². The fraction of sp³-hybridized carbons (Fsp3) is 0.429. The Bertz CT molecular complexity index is 497. The van der Waals surface area contributed by atoms with Crippen LogP contribution >= 0.6 is 0 Å². The van der Waals surface area contributed by atoms with Crippen molar-refractivity contribution in [1.82, 2.24) is 4.90 Å². The molecule has 2 rings (SSSR count). The van der Waals surface area contributed by atoms with Crippen molar-refractivity contribution >= 4 is 5.69 Å². The van der Waals surface area contributed by atoms with Gasteiger partial charge in [-0.2, -0.15) is 10.5 Å². The van der Waals surface area contributed by atoms with Gasteiger partial charge in [0.25, 0.3) is 0 Å². The average molecular weight is 240 g/mol. The molecule has 1 aromatic carbocycles. The molecule has 0 saturated carbocycles. The van der Waals surface area contributed by atoms with Gasteiger partial charge in [0.2, 0.25) is 0 Å². The zero-order chi connectivity index (χ0) is 13.0. The maximum atomic E-state index is 8.90. The molecule has 1 heterocycles. The molecule has 1 atom stereocenters. The Morgan fingerprint density at radius 1 is 1.44 bits per heavy atom. The molecule has 0 aromatic heterocycles. The van der Waals surface area contributed by atoms with E-state index in [1.54, 1.807) is 0 Å². The molecule has 4 nitrogen and oxygen atoms in total. The maximum Gasteiger partial charge on any atom is 0.0992 e. The summed E-state index contributed by atoms with van der Waals surface area (Å²) < 4.78 is 0. The van der Waals surface area contributed by atoms with Crippen LogP contribution in [0.15, 0.2) is 24.3 Å². The molecular weight excluding hydrogens is 224 g/mol. The smallest absolute Gasteiger partial charge is 0.0992 e. The molecule has 4 heteroatoms. The van der Waals surface area contributed by atoms with Gasteiger partial charge in [-0.3, -0.25) is 4.90 Å². The number of likely N-dealkylation sites (N-methyl/N-ethyl adjacent to an activating group) is 1. The highest BCUT2D eigenvalue weighted by Crippen LogP contribution is 2.23. The summed E-state index contributed by atoms with van der Waals surface area (Å²) in [7, 11) is 1.99.